The third kappa shape index (κ3) is 3.31. The molecule has 0 amide bonds. The average molecular weight is 207 g/mol. The number of carbonyl (C=O) groups excluding carboxylic acids is 1. The summed E-state index contributed by atoms with van der Waals surface area (Å²) < 4.78 is 0. The third-order valence-electron chi connectivity index (χ3n) is 2.10. The highest BCUT2D eigenvalue weighted by Crippen LogP contribution is 2.06. The van der Waals surface area contributed by atoms with Gasteiger partial charge < -0.3 is 4.90 Å². The maximum atomic E-state index is 11.5. The molecule has 1 aromatic heterocycles. The minimum atomic E-state index is 0.0581. The van der Waals surface area contributed by atoms with Gasteiger partial charge in [0.1, 0.15) is 5.78 Å². The van der Waals surface area contributed by atoms with E-state index in [4.69, 9.17) is 0 Å². The largest absolute Gasteiger partial charge is 0.347 e. The molecule has 0 radical (unpaired) electrons. The van der Waals surface area contributed by atoms with Gasteiger partial charge in [-0.05, 0) is 6.07 Å². The highest BCUT2D eigenvalue weighted by molar-refractivity contribution is 5.82. The van der Waals surface area contributed by atoms with E-state index in [0.717, 1.165) is 5.69 Å². The lowest BCUT2D eigenvalue weighted by Crippen LogP contribution is -2.16. The fourth-order valence-electron chi connectivity index (χ4n) is 1.08. The molecular weight excluding hydrogens is 190 g/mol. The van der Waals surface area contributed by atoms with Gasteiger partial charge in [0.15, 0.2) is 0 Å². The van der Waals surface area contributed by atoms with E-state index in [1.54, 1.807) is 12.3 Å². The summed E-state index contributed by atoms with van der Waals surface area (Å²) in [5.41, 5.74) is 0.785. The van der Waals surface area contributed by atoms with E-state index >= 15 is 0 Å². The van der Waals surface area contributed by atoms with Gasteiger partial charge in [-0.1, -0.05) is 13.8 Å². The quantitative estimate of drug-likeness (QED) is 0.746. The highest BCUT2D eigenvalue weighted by Gasteiger charge is 2.10. The van der Waals surface area contributed by atoms with Crippen LogP contribution in [0.25, 0.3) is 0 Å². The number of ketones is 1. The topological polar surface area (TPSA) is 46.1 Å². The van der Waals surface area contributed by atoms with Crippen molar-refractivity contribution >= 4 is 11.7 Å². The molecule has 82 valence electrons. The Kier molecular flexibility index (Phi) is 3.77. The Hall–Kier alpha value is -1.45. The van der Waals surface area contributed by atoms with Gasteiger partial charge in [0.25, 0.3) is 0 Å². The molecule has 4 nitrogen and oxygen atoms in total. The van der Waals surface area contributed by atoms with Crippen molar-refractivity contribution in [2.75, 3.05) is 19.0 Å². The van der Waals surface area contributed by atoms with Gasteiger partial charge in [-0.2, -0.15) is 0 Å². The van der Waals surface area contributed by atoms with E-state index in [2.05, 4.69) is 9.97 Å². The zero-order chi connectivity index (χ0) is 11.4. The maximum Gasteiger partial charge on any atom is 0.224 e. The van der Waals surface area contributed by atoms with Gasteiger partial charge >= 0.3 is 0 Å². The first-order valence-electron chi connectivity index (χ1n) is 5.02. The fourth-order valence-corrected chi connectivity index (χ4v) is 1.08. The van der Waals surface area contributed by atoms with Crippen LogP contribution < -0.4 is 4.90 Å². The molecule has 0 aliphatic carbocycles. The van der Waals surface area contributed by atoms with Crippen LogP contribution in [0.3, 0.4) is 0 Å². The molecular formula is C11H17N3O. The van der Waals surface area contributed by atoms with Crippen molar-refractivity contribution in [2.45, 2.75) is 20.3 Å². The van der Waals surface area contributed by atoms with Crippen LogP contribution in [0.4, 0.5) is 5.95 Å². The Labute approximate surface area is 90.3 Å². The van der Waals surface area contributed by atoms with Gasteiger partial charge in [-0.25, -0.2) is 9.97 Å². The van der Waals surface area contributed by atoms with E-state index in [0.29, 0.717) is 12.4 Å². The van der Waals surface area contributed by atoms with Crippen LogP contribution in [0.2, 0.25) is 0 Å². The van der Waals surface area contributed by atoms with Crippen molar-refractivity contribution in [1.29, 1.82) is 0 Å². The van der Waals surface area contributed by atoms with Gasteiger partial charge in [-0.3, -0.25) is 4.79 Å². The molecule has 0 bridgehead atoms. The molecule has 0 spiro atoms. The summed E-state index contributed by atoms with van der Waals surface area (Å²) in [6.07, 6.45) is 2.08. The number of hydrogen-bond acceptors (Lipinski definition) is 4. The summed E-state index contributed by atoms with van der Waals surface area (Å²) in [5, 5.41) is 0. The number of carbonyl (C=O) groups is 1. The summed E-state index contributed by atoms with van der Waals surface area (Å²) in [7, 11) is 3.76. The molecule has 15 heavy (non-hydrogen) atoms. The molecule has 4 heteroatoms. The minimum absolute atomic E-state index is 0.0581. The molecule has 0 atom stereocenters. The van der Waals surface area contributed by atoms with Crippen molar-refractivity contribution in [2.24, 2.45) is 5.92 Å². The number of rotatable bonds is 4. The van der Waals surface area contributed by atoms with Crippen LogP contribution in [-0.2, 0) is 11.2 Å². The Morgan fingerprint density at radius 2 is 2.13 bits per heavy atom. The number of Topliss-reactive ketones (excluding diaryl/α,β-unsaturated/α-hetero) is 1. The summed E-state index contributed by atoms with van der Waals surface area (Å²) in [6, 6.07) is 1.78. The second kappa shape index (κ2) is 4.87. The molecule has 1 heterocycles. The summed E-state index contributed by atoms with van der Waals surface area (Å²) in [4.78, 5) is 21.7. The predicted molar refractivity (Wildman–Crippen MR) is 59.9 cm³/mol. The lowest BCUT2D eigenvalue weighted by Gasteiger charge is -2.10. The van der Waals surface area contributed by atoms with Crippen LogP contribution in [0.15, 0.2) is 12.3 Å². The van der Waals surface area contributed by atoms with Crippen LogP contribution in [0.1, 0.15) is 19.5 Å². The van der Waals surface area contributed by atoms with Crippen LogP contribution in [0, 0.1) is 5.92 Å². The number of hydrogen-bond donors (Lipinski definition) is 0. The highest BCUT2D eigenvalue weighted by atomic mass is 16.1. The number of nitrogens with zero attached hydrogens (tertiary/aromatic N) is 3. The molecule has 0 aliphatic heterocycles. The van der Waals surface area contributed by atoms with Crippen LogP contribution in [0.5, 0.6) is 0 Å². The molecule has 0 fully saturated rings. The minimum Gasteiger partial charge on any atom is -0.347 e. The molecule has 0 N–H and O–H groups in total. The lowest BCUT2D eigenvalue weighted by molar-refractivity contribution is -0.121. The van der Waals surface area contributed by atoms with Crippen LogP contribution >= 0.6 is 0 Å². The second-order valence-corrected chi connectivity index (χ2v) is 4.04. The average Bonchev–Trinajstić information content (AvgIpc) is 2.18. The predicted octanol–water partition coefficient (Wildman–Crippen LogP) is 1.31. The van der Waals surface area contributed by atoms with Crippen molar-refractivity contribution in [3.63, 3.8) is 0 Å². The maximum absolute atomic E-state index is 11.5. The van der Waals surface area contributed by atoms with Crippen LogP contribution in [-0.4, -0.2) is 29.8 Å². The standard InChI is InChI=1S/C11H17N3O/c1-8(2)10(15)7-9-5-6-12-11(13-9)14(3)4/h5-6,8H,7H2,1-4H3. The summed E-state index contributed by atoms with van der Waals surface area (Å²) >= 11 is 0. The van der Waals surface area contributed by atoms with Gasteiger partial charge in [-0.15, -0.1) is 0 Å². The van der Waals surface area contributed by atoms with Gasteiger partial charge in [0, 0.05) is 32.6 Å². The first kappa shape index (κ1) is 11.6. The molecule has 0 saturated carbocycles. The fraction of sp³-hybridized carbons (Fsp3) is 0.545. The Morgan fingerprint density at radius 3 is 2.67 bits per heavy atom. The van der Waals surface area contributed by atoms with Crippen molar-refractivity contribution < 1.29 is 4.79 Å². The first-order chi connectivity index (χ1) is 7.00. The molecule has 0 aliphatic rings. The van der Waals surface area contributed by atoms with Crippen molar-refractivity contribution in [1.82, 2.24) is 9.97 Å². The SMILES string of the molecule is CC(C)C(=O)Cc1ccnc(N(C)C)n1. The lowest BCUT2D eigenvalue weighted by atomic mass is 10.0. The number of anilines is 1. The van der Waals surface area contributed by atoms with E-state index in [1.165, 1.54) is 0 Å². The van der Waals surface area contributed by atoms with E-state index < -0.39 is 0 Å². The van der Waals surface area contributed by atoms with Gasteiger partial charge in [0.2, 0.25) is 5.95 Å². The van der Waals surface area contributed by atoms with Gasteiger partial charge in [0.05, 0.1) is 5.69 Å². The Balaban J connectivity index is 2.78. The zero-order valence-electron chi connectivity index (χ0n) is 9.69. The van der Waals surface area contributed by atoms with Crippen molar-refractivity contribution in [3.8, 4) is 0 Å². The Morgan fingerprint density at radius 1 is 1.47 bits per heavy atom. The molecule has 1 rings (SSSR count). The van der Waals surface area contributed by atoms with Crippen molar-refractivity contribution in [3.05, 3.63) is 18.0 Å². The normalized spacial score (nSPS) is 10.5. The molecule has 0 unspecified atom stereocenters. The summed E-state index contributed by atoms with van der Waals surface area (Å²) in [6.45, 7) is 3.80. The van der Waals surface area contributed by atoms with E-state index in [9.17, 15) is 4.79 Å². The summed E-state index contributed by atoms with van der Waals surface area (Å²) in [5.74, 6) is 0.908. The Bertz CT molecular complexity index is 347. The molecule has 1 aromatic rings. The zero-order valence-corrected chi connectivity index (χ0v) is 9.69. The third-order valence-corrected chi connectivity index (χ3v) is 2.10. The number of aromatic nitrogens is 2. The first-order valence-corrected chi connectivity index (χ1v) is 5.02. The smallest absolute Gasteiger partial charge is 0.224 e. The monoisotopic (exact) mass is 207 g/mol. The molecule has 0 aromatic carbocycles. The van der Waals surface area contributed by atoms with E-state index in [-0.39, 0.29) is 11.7 Å². The molecule has 0 saturated heterocycles. The van der Waals surface area contributed by atoms with E-state index in [1.807, 2.05) is 32.8 Å². The second-order valence-electron chi connectivity index (χ2n) is 4.04.